The zero-order valence-electron chi connectivity index (χ0n) is 15.6. The maximum absolute atomic E-state index is 13.0. The fourth-order valence-electron chi connectivity index (χ4n) is 2.71. The van der Waals surface area contributed by atoms with E-state index in [1.54, 1.807) is 41.8 Å². The molecule has 0 aliphatic heterocycles. The van der Waals surface area contributed by atoms with Crippen LogP contribution in [0.15, 0.2) is 78.2 Å². The van der Waals surface area contributed by atoms with E-state index < -0.39 is 0 Å². The first kappa shape index (κ1) is 20.1. The number of anilines is 1. The van der Waals surface area contributed by atoms with E-state index in [9.17, 15) is 9.18 Å². The molecule has 7 heteroatoms. The Morgan fingerprint density at radius 2 is 1.83 bits per heavy atom. The molecule has 4 rings (SSSR count). The minimum Gasteiger partial charge on any atom is -0.489 e. The average molecular weight is 439 g/mol. The zero-order chi connectivity index (χ0) is 20.9. The van der Waals surface area contributed by atoms with Crippen LogP contribution in [0.5, 0.6) is 5.75 Å². The van der Waals surface area contributed by atoms with E-state index in [-0.39, 0.29) is 11.7 Å². The van der Waals surface area contributed by atoms with Gasteiger partial charge in [0.2, 0.25) is 0 Å². The Kier molecular flexibility index (Phi) is 6.07. The Morgan fingerprint density at radius 3 is 2.57 bits per heavy atom. The molecule has 0 unspecified atom stereocenters. The van der Waals surface area contributed by atoms with Crippen LogP contribution in [0, 0.1) is 5.82 Å². The summed E-state index contributed by atoms with van der Waals surface area (Å²) in [5, 5.41) is 5.78. The lowest BCUT2D eigenvalue weighted by molar-refractivity contribution is 0.102. The van der Waals surface area contributed by atoms with Gasteiger partial charge in [0, 0.05) is 21.7 Å². The van der Waals surface area contributed by atoms with Crippen LogP contribution in [0.4, 0.5) is 10.1 Å². The van der Waals surface area contributed by atoms with Crippen LogP contribution in [0.2, 0.25) is 5.02 Å². The van der Waals surface area contributed by atoms with Crippen LogP contribution in [-0.2, 0) is 6.61 Å². The van der Waals surface area contributed by atoms with Crippen LogP contribution < -0.4 is 10.1 Å². The number of amides is 1. The summed E-state index contributed by atoms with van der Waals surface area (Å²) in [5.41, 5.74) is 2.73. The van der Waals surface area contributed by atoms with Gasteiger partial charge in [0.1, 0.15) is 28.9 Å². The summed E-state index contributed by atoms with van der Waals surface area (Å²) >= 11 is 7.33. The predicted octanol–water partition coefficient (Wildman–Crippen LogP) is 6.43. The second-order valence-electron chi connectivity index (χ2n) is 6.44. The summed E-state index contributed by atoms with van der Waals surface area (Å²) in [7, 11) is 0. The van der Waals surface area contributed by atoms with E-state index in [2.05, 4.69) is 10.3 Å². The lowest BCUT2D eigenvalue weighted by Gasteiger charge is -2.07. The molecule has 1 heterocycles. The van der Waals surface area contributed by atoms with Crippen molar-refractivity contribution >= 4 is 34.5 Å². The number of aromatic nitrogens is 1. The SMILES string of the molecule is O=C(Nc1cccc(Cl)c1)c1csc(-c2ccc(OCc3ccc(F)cc3)cc2)n1. The van der Waals surface area contributed by atoms with Crippen molar-refractivity contribution in [3.05, 3.63) is 100 Å². The Balaban J connectivity index is 1.39. The van der Waals surface area contributed by atoms with Crippen molar-refractivity contribution in [1.29, 1.82) is 0 Å². The third-order valence-electron chi connectivity index (χ3n) is 4.24. The third-order valence-corrected chi connectivity index (χ3v) is 5.37. The number of rotatable bonds is 6. The van der Waals surface area contributed by atoms with E-state index >= 15 is 0 Å². The molecular weight excluding hydrogens is 423 g/mol. The molecule has 150 valence electrons. The van der Waals surface area contributed by atoms with E-state index in [4.69, 9.17) is 16.3 Å². The first-order valence-electron chi connectivity index (χ1n) is 9.07. The van der Waals surface area contributed by atoms with Crippen LogP contribution in [0.25, 0.3) is 10.6 Å². The van der Waals surface area contributed by atoms with E-state index in [1.807, 2.05) is 24.3 Å². The van der Waals surface area contributed by atoms with Crippen molar-refractivity contribution in [2.45, 2.75) is 6.61 Å². The molecular formula is C23H16ClFN2O2S. The normalized spacial score (nSPS) is 10.6. The number of carbonyl (C=O) groups excluding carboxylic acids is 1. The molecule has 0 atom stereocenters. The first-order chi connectivity index (χ1) is 14.6. The first-order valence-corrected chi connectivity index (χ1v) is 10.3. The number of hydrogen-bond donors (Lipinski definition) is 1. The Labute approximate surface area is 181 Å². The lowest BCUT2D eigenvalue weighted by atomic mass is 10.2. The molecule has 0 bridgehead atoms. The van der Waals surface area contributed by atoms with Gasteiger partial charge in [-0.2, -0.15) is 0 Å². The highest BCUT2D eigenvalue weighted by Crippen LogP contribution is 2.26. The molecule has 4 nitrogen and oxygen atoms in total. The summed E-state index contributed by atoms with van der Waals surface area (Å²) in [5.74, 6) is 0.129. The molecule has 0 aliphatic rings. The Hall–Kier alpha value is -3.22. The number of hydrogen-bond acceptors (Lipinski definition) is 4. The molecule has 1 N–H and O–H groups in total. The maximum Gasteiger partial charge on any atom is 0.275 e. The largest absolute Gasteiger partial charge is 0.489 e. The van der Waals surface area contributed by atoms with Crippen LogP contribution >= 0.6 is 22.9 Å². The molecule has 0 radical (unpaired) electrons. The van der Waals surface area contributed by atoms with E-state index in [0.717, 1.165) is 16.1 Å². The number of ether oxygens (including phenoxy) is 1. The van der Waals surface area contributed by atoms with Gasteiger partial charge in [0.15, 0.2) is 0 Å². The van der Waals surface area contributed by atoms with Gasteiger partial charge >= 0.3 is 0 Å². The fourth-order valence-corrected chi connectivity index (χ4v) is 3.71. The molecule has 0 saturated heterocycles. The van der Waals surface area contributed by atoms with Gasteiger partial charge in [-0.15, -0.1) is 11.3 Å². The number of nitrogens with zero attached hydrogens (tertiary/aromatic N) is 1. The molecule has 0 spiro atoms. The molecule has 1 amide bonds. The van der Waals surface area contributed by atoms with Gasteiger partial charge in [-0.1, -0.05) is 29.8 Å². The molecule has 30 heavy (non-hydrogen) atoms. The van der Waals surface area contributed by atoms with E-state index in [0.29, 0.717) is 28.8 Å². The van der Waals surface area contributed by atoms with Crippen LogP contribution in [0.1, 0.15) is 16.1 Å². The van der Waals surface area contributed by atoms with Crippen LogP contribution in [0.3, 0.4) is 0 Å². The van der Waals surface area contributed by atoms with Crippen molar-refractivity contribution < 1.29 is 13.9 Å². The van der Waals surface area contributed by atoms with Crippen molar-refractivity contribution in [3.63, 3.8) is 0 Å². The number of nitrogens with one attached hydrogen (secondary N) is 1. The number of carbonyl (C=O) groups is 1. The van der Waals surface area contributed by atoms with Crippen molar-refractivity contribution in [2.24, 2.45) is 0 Å². The Bertz CT molecular complexity index is 1160. The standard InChI is InChI=1S/C23H16ClFN2O2S/c24-17-2-1-3-19(12-17)26-22(28)21-14-30-23(27-21)16-6-10-20(11-7-16)29-13-15-4-8-18(25)9-5-15/h1-12,14H,13H2,(H,26,28). The zero-order valence-corrected chi connectivity index (χ0v) is 17.2. The van der Waals surface area contributed by atoms with Gasteiger partial charge < -0.3 is 10.1 Å². The molecule has 3 aromatic carbocycles. The topological polar surface area (TPSA) is 51.2 Å². The molecule has 1 aromatic heterocycles. The minimum absolute atomic E-state index is 0.271. The summed E-state index contributed by atoms with van der Waals surface area (Å²) in [6.07, 6.45) is 0. The minimum atomic E-state index is -0.293. The second kappa shape index (κ2) is 9.07. The highest BCUT2D eigenvalue weighted by Gasteiger charge is 2.12. The monoisotopic (exact) mass is 438 g/mol. The molecule has 0 saturated carbocycles. The second-order valence-corrected chi connectivity index (χ2v) is 7.74. The van der Waals surface area contributed by atoms with Crippen molar-refractivity contribution in [1.82, 2.24) is 4.98 Å². The molecule has 0 fully saturated rings. The van der Waals surface area contributed by atoms with Gasteiger partial charge in [0.25, 0.3) is 5.91 Å². The van der Waals surface area contributed by atoms with Crippen molar-refractivity contribution in [3.8, 4) is 16.3 Å². The summed E-state index contributed by atoms with van der Waals surface area (Å²) in [6, 6.07) is 20.6. The quantitative estimate of drug-likeness (QED) is 0.377. The Morgan fingerprint density at radius 1 is 1.07 bits per heavy atom. The summed E-state index contributed by atoms with van der Waals surface area (Å²) in [4.78, 5) is 16.8. The summed E-state index contributed by atoms with van der Waals surface area (Å²) < 4.78 is 18.7. The molecule has 0 aliphatic carbocycles. The number of benzene rings is 3. The van der Waals surface area contributed by atoms with Crippen LogP contribution in [-0.4, -0.2) is 10.9 Å². The number of halogens is 2. The smallest absolute Gasteiger partial charge is 0.275 e. The lowest BCUT2D eigenvalue weighted by Crippen LogP contribution is -2.12. The highest BCUT2D eigenvalue weighted by atomic mass is 35.5. The van der Waals surface area contributed by atoms with E-state index in [1.165, 1.54) is 23.5 Å². The molecule has 4 aromatic rings. The van der Waals surface area contributed by atoms with Gasteiger partial charge in [0.05, 0.1) is 0 Å². The third kappa shape index (κ3) is 5.03. The van der Waals surface area contributed by atoms with Gasteiger partial charge in [-0.25, -0.2) is 9.37 Å². The van der Waals surface area contributed by atoms with Gasteiger partial charge in [-0.3, -0.25) is 4.79 Å². The summed E-state index contributed by atoms with van der Waals surface area (Å²) in [6.45, 7) is 0.352. The number of thiazole rings is 1. The van der Waals surface area contributed by atoms with Crippen molar-refractivity contribution in [2.75, 3.05) is 5.32 Å². The maximum atomic E-state index is 13.0. The fraction of sp³-hybridized carbons (Fsp3) is 0.0435. The van der Waals surface area contributed by atoms with Gasteiger partial charge in [-0.05, 0) is 60.2 Å². The predicted molar refractivity (Wildman–Crippen MR) is 118 cm³/mol. The highest BCUT2D eigenvalue weighted by molar-refractivity contribution is 7.13. The average Bonchev–Trinajstić information content (AvgIpc) is 3.24.